The molecular weight excluding hydrogens is 236 g/mol. The standard InChI is InChI=1S/C15H15N4/c16-9-12-1-3-13(4-2-12)14-10-18-19(11-14)15-5-7-17-8-6-15/h1-4,10-11,15H,5-8H2. The lowest BCUT2D eigenvalue weighted by atomic mass is 10.1. The van der Waals surface area contributed by atoms with Crippen molar-refractivity contribution in [3.63, 3.8) is 0 Å². The Hall–Kier alpha value is -2.12. The van der Waals surface area contributed by atoms with Gasteiger partial charge >= 0.3 is 0 Å². The van der Waals surface area contributed by atoms with E-state index in [0.29, 0.717) is 11.6 Å². The van der Waals surface area contributed by atoms with Crippen molar-refractivity contribution in [2.75, 3.05) is 13.1 Å². The van der Waals surface area contributed by atoms with Crippen LogP contribution in [-0.2, 0) is 0 Å². The van der Waals surface area contributed by atoms with Crippen LogP contribution < -0.4 is 5.32 Å². The van der Waals surface area contributed by atoms with E-state index in [-0.39, 0.29) is 0 Å². The van der Waals surface area contributed by atoms with Crippen LogP contribution in [0, 0.1) is 11.3 Å². The fourth-order valence-electron chi connectivity index (χ4n) is 2.43. The average Bonchev–Trinajstić information content (AvgIpc) is 2.98. The lowest BCUT2D eigenvalue weighted by molar-refractivity contribution is 0.339. The number of piperidine rings is 1. The smallest absolute Gasteiger partial charge is 0.0991 e. The fraction of sp³-hybridized carbons (Fsp3) is 0.333. The van der Waals surface area contributed by atoms with Gasteiger partial charge in [-0.3, -0.25) is 4.68 Å². The second-order valence-corrected chi connectivity index (χ2v) is 4.80. The molecule has 2 aromatic rings. The van der Waals surface area contributed by atoms with Gasteiger partial charge in [0.05, 0.1) is 23.9 Å². The molecule has 95 valence electrons. The zero-order valence-corrected chi connectivity index (χ0v) is 10.7. The summed E-state index contributed by atoms with van der Waals surface area (Å²) in [6, 6.07) is 10.2. The van der Waals surface area contributed by atoms with Crippen molar-refractivity contribution in [1.29, 1.82) is 5.26 Å². The molecule has 19 heavy (non-hydrogen) atoms. The first-order chi connectivity index (χ1) is 9.36. The van der Waals surface area contributed by atoms with Crippen molar-refractivity contribution >= 4 is 0 Å². The summed E-state index contributed by atoms with van der Waals surface area (Å²) in [5.74, 6) is 0. The summed E-state index contributed by atoms with van der Waals surface area (Å²) in [6.45, 7) is 1.88. The van der Waals surface area contributed by atoms with Crippen LogP contribution in [0.2, 0.25) is 0 Å². The van der Waals surface area contributed by atoms with E-state index in [2.05, 4.69) is 27.4 Å². The zero-order chi connectivity index (χ0) is 13.1. The van der Waals surface area contributed by atoms with Crippen LogP contribution in [0.25, 0.3) is 11.1 Å². The van der Waals surface area contributed by atoms with Gasteiger partial charge in [0.1, 0.15) is 0 Å². The predicted molar refractivity (Wildman–Crippen MR) is 72.5 cm³/mol. The maximum absolute atomic E-state index is 8.80. The van der Waals surface area contributed by atoms with Gasteiger partial charge in [0, 0.05) is 24.8 Å². The maximum Gasteiger partial charge on any atom is 0.0991 e. The topological polar surface area (TPSA) is 55.7 Å². The van der Waals surface area contributed by atoms with Crippen LogP contribution in [0.3, 0.4) is 0 Å². The molecule has 0 N–H and O–H groups in total. The van der Waals surface area contributed by atoms with E-state index >= 15 is 0 Å². The molecule has 1 radical (unpaired) electrons. The molecule has 0 saturated carbocycles. The molecule has 0 atom stereocenters. The lowest BCUT2D eigenvalue weighted by Crippen LogP contribution is -2.24. The minimum atomic E-state index is 0.477. The monoisotopic (exact) mass is 251 g/mol. The quantitative estimate of drug-likeness (QED) is 0.822. The molecule has 4 nitrogen and oxygen atoms in total. The highest BCUT2D eigenvalue weighted by Crippen LogP contribution is 2.23. The van der Waals surface area contributed by atoms with E-state index in [1.807, 2.05) is 30.5 Å². The van der Waals surface area contributed by atoms with Crippen LogP contribution >= 0.6 is 0 Å². The molecule has 0 bridgehead atoms. The third-order valence-corrected chi connectivity index (χ3v) is 3.56. The average molecular weight is 251 g/mol. The second kappa shape index (κ2) is 5.25. The molecule has 4 heteroatoms. The summed E-state index contributed by atoms with van der Waals surface area (Å²) in [7, 11) is 0. The summed E-state index contributed by atoms with van der Waals surface area (Å²) in [5, 5.41) is 17.6. The van der Waals surface area contributed by atoms with Crippen molar-refractivity contribution in [2.45, 2.75) is 18.9 Å². The van der Waals surface area contributed by atoms with E-state index in [4.69, 9.17) is 5.26 Å². The Morgan fingerprint density at radius 2 is 1.84 bits per heavy atom. The van der Waals surface area contributed by atoms with Gasteiger partial charge in [-0.2, -0.15) is 10.4 Å². The number of aromatic nitrogens is 2. The summed E-state index contributed by atoms with van der Waals surface area (Å²) in [4.78, 5) is 0. The first kappa shape index (κ1) is 11.9. The van der Waals surface area contributed by atoms with Gasteiger partial charge in [0.15, 0.2) is 0 Å². The highest BCUT2D eigenvalue weighted by Gasteiger charge is 2.16. The van der Waals surface area contributed by atoms with Crippen LogP contribution in [-0.4, -0.2) is 22.9 Å². The molecule has 0 spiro atoms. The minimum Gasteiger partial charge on any atom is -0.269 e. The summed E-state index contributed by atoms with van der Waals surface area (Å²) < 4.78 is 2.06. The van der Waals surface area contributed by atoms with Gasteiger partial charge in [-0.1, -0.05) is 12.1 Å². The molecule has 1 aliphatic heterocycles. The second-order valence-electron chi connectivity index (χ2n) is 4.80. The molecule has 2 heterocycles. The first-order valence-corrected chi connectivity index (χ1v) is 6.55. The molecule has 0 aliphatic carbocycles. The SMILES string of the molecule is N#Cc1ccc(-c2cnn(C3CC[N]CC3)c2)cc1. The van der Waals surface area contributed by atoms with Gasteiger partial charge in [0.25, 0.3) is 0 Å². The molecule has 3 rings (SSSR count). The summed E-state index contributed by atoms with van der Waals surface area (Å²) in [5.41, 5.74) is 2.89. The van der Waals surface area contributed by atoms with Crippen molar-refractivity contribution in [3.8, 4) is 17.2 Å². The number of nitrogens with zero attached hydrogens (tertiary/aromatic N) is 4. The van der Waals surface area contributed by atoms with E-state index in [1.165, 1.54) is 0 Å². The third-order valence-electron chi connectivity index (χ3n) is 3.56. The van der Waals surface area contributed by atoms with Crippen LogP contribution in [0.5, 0.6) is 0 Å². The molecule has 0 unspecified atom stereocenters. The van der Waals surface area contributed by atoms with Crippen molar-refractivity contribution < 1.29 is 0 Å². The lowest BCUT2D eigenvalue weighted by Gasteiger charge is -2.21. The highest BCUT2D eigenvalue weighted by molar-refractivity contribution is 5.62. The summed E-state index contributed by atoms with van der Waals surface area (Å²) in [6.07, 6.45) is 6.15. The van der Waals surface area contributed by atoms with E-state index in [1.54, 1.807) is 0 Å². The van der Waals surface area contributed by atoms with Gasteiger partial charge in [-0.25, -0.2) is 5.32 Å². The molecule has 1 aromatic carbocycles. The third kappa shape index (κ3) is 2.51. The number of hydrogen-bond acceptors (Lipinski definition) is 2. The number of benzene rings is 1. The Labute approximate surface area is 112 Å². The van der Waals surface area contributed by atoms with Crippen LogP contribution in [0.15, 0.2) is 36.7 Å². The first-order valence-electron chi connectivity index (χ1n) is 6.55. The number of hydrogen-bond donors (Lipinski definition) is 0. The molecule has 1 saturated heterocycles. The number of rotatable bonds is 2. The predicted octanol–water partition coefficient (Wildman–Crippen LogP) is 2.36. The normalized spacial score (nSPS) is 16.2. The van der Waals surface area contributed by atoms with Crippen LogP contribution in [0.1, 0.15) is 24.4 Å². The Kier molecular flexibility index (Phi) is 3.30. The highest BCUT2D eigenvalue weighted by atomic mass is 15.3. The van der Waals surface area contributed by atoms with Gasteiger partial charge in [0.2, 0.25) is 0 Å². The van der Waals surface area contributed by atoms with E-state index < -0.39 is 0 Å². The van der Waals surface area contributed by atoms with Gasteiger partial charge in [-0.15, -0.1) is 0 Å². The van der Waals surface area contributed by atoms with Crippen LogP contribution in [0.4, 0.5) is 0 Å². The Morgan fingerprint density at radius 1 is 1.11 bits per heavy atom. The van der Waals surface area contributed by atoms with E-state index in [9.17, 15) is 0 Å². The van der Waals surface area contributed by atoms with Gasteiger partial charge in [-0.05, 0) is 30.5 Å². The fourth-order valence-corrected chi connectivity index (χ4v) is 2.43. The largest absolute Gasteiger partial charge is 0.269 e. The van der Waals surface area contributed by atoms with Crippen molar-refractivity contribution in [2.24, 2.45) is 0 Å². The Morgan fingerprint density at radius 3 is 2.53 bits per heavy atom. The van der Waals surface area contributed by atoms with Gasteiger partial charge < -0.3 is 0 Å². The van der Waals surface area contributed by atoms with Crippen molar-refractivity contribution in [1.82, 2.24) is 15.1 Å². The Bertz CT molecular complexity index is 585. The molecule has 1 aromatic heterocycles. The van der Waals surface area contributed by atoms with Crippen molar-refractivity contribution in [3.05, 3.63) is 42.2 Å². The minimum absolute atomic E-state index is 0.477. The summed E-state index contributed by atoms with van der Waals surface area (Å²) >= 11 is 0. The zero-order valence-electron chi connectivity index (χ0n) is 10.7. The molecular formula is C15H15N4. The van der Waals surface area contributed by atoms with E-state index in [0.717, 1.165) is 37.1 Å². The molecule has 0 amide bonds. The molecule has 1 fully saturated rings. The maximum atomic E-state index is 8.80. The molecule has 1 aliphatic rings. The Balaban J connectivity index is 1.81. The number of nitriles is 1.